The van der Waals surface area contributed by atoms with E-state index in [0.29, 0.717) is 28.5 Å². The Kier molecular flexibility index (Phi) is 7.09. The summed E-state index contributed by atoms with van der Waals surface area (Å²) in [6, 6.07) is 6.14. The largest absolute Gasteiger partial charge is 0.486 e. The number of nitrogens with one attached hydrogen (secondary N) is 1. The van der Waals surface area contributed by atoms with E-state index >= 15 is 0 Å². The third kappa shape index (κ3) is 5.95. The van der Waals surface area contributed by atoms with Gasteiger partial charge in [0.05, 0.1) is 5.75 Å². The van der Waals surface area contributed by atoms with Crippen LogP contribution < -0.4 is 10.1 Å². The van der Waals surface area contributed by atoms with Gasteiger partial charge in [-0.15, -0.1) is 10.2 Å². The van der Waals surface area contributed by atoms with Crippen molar-refractivity contribution in [3.8, 4) is 5.75 Å². The van der Waals surface area contributed by atoms with Crippen molar-refractivity contribution in [1.82, 2.24) is 20.1 Å². The van der Waals surface area contributed by atoms with Crippen LogP contribution in [0.1, 0.15) is 44.3 Å². The first kappa shape index (κ1) is 19.7. The van der Waals surface area contributed by atoms with Crippen LogP contribution in [0.25, 0.3) is 0 Å². The van der Waals surface area contributed by atoms with Gasteiger partial charge in [0.2, 0.25) is 5.91 Å². The zero-order chi connectivity index (χ0) is 19.1. The summed E-state index contributed by atoms with van der Waals surface area (Å²) >= 11 is 1.37. The second-order valence-electron chi connectivity index (χ2n) is 6.75. The molecule has 0 spiro atoms. The van der Waals surface area contributed by atoms with Crippen molar-refractivity contribution >= 4 is 17.7 Å². The lowest BCUT2D eigenvalue weighted by atomic mass is 10.1. The van der Waals surface area contributed by atoms with Crippen LogP contribution >= 0.6 is 11.8 Å². The van der Waals surface area contributed by atoms with E-state index in [0.717, 1.165) is 12.8 Å². The molecule has 8 heteroatoms. The quantitative estimate of drug-likeness (QED) is 0.577. The summed E-state index contributed by atoms with van der Waals surface area (Å²) < 4.78 is 20.3. The Hall–Kier alpha value is -2.09. The van der Waals surface area contributed by atoms with Gasteiger partial charge in [0.1, 0.15) is 18.2 Å². The van der Waals surface area contributed by atoms with Crippen LogP contribution in [0.15, 0.2) is 29.4 Å². The van der Waals surface area contributed by atoms with Gasteiger partial charge in [-0.25, -0.2) is 4.39 Å². The highest BCUT2D eigenvalue weighted by molar-refractivity contribution is 7.99. The Morgan fingerprint density at radius 3 is 2.63 bits per heavy atom. The molecule has 1 aromatic carbocycles. The highest BCUT2D eigenvalue weighted by Gasteiger charge is 2.16. The molecule has 0 atom stereocenters. The fourth-order valence-electron chi connectivity index (χ4n) is 3.10. The van der Waals surface area contributed by atoms with Gasteiger partial charge < -0.3 is 14.6 Å². The minimum absolute atomic E-state index is 0.0408. The lowest BCUT2D eigenvalue weighted by Crippen LogP contribution is -2.35. The molecule has 1 N–H and O–H groups in total. The van der Waals surface area contributed by atoms with Crippen LogP contribution in [-0.2, 0) is 18.4 Å². The second kappa shape index (κ2) is 9.73. The standard InChI is InChI=1S/C19H25FN4O2S/c1-24-17(12-26-16-10-8-14(20)9-11-16)22-23-19(24)27-13-18(25)21-15-6-4-2-3-5-7-15/h8-11,15H,2-7,12-13H2,1H3,(H,21,25). The number of hydrogen-bond acceptors (Lipinski definition) is 5. The molecule has 1 aromatic heterocycles. The summed E-state index contributed by atoms with van der Waals surface area (Å²) in [5.41, 5.74) is 0. The number of halogens is 1. The Labute approximate surface area is 162 Å². The van der Waals surface area contributed by atoms with E-state index in [1.54, 1.807) is 12.1 Å². The van der Waals surface area contributed by atoms with Crippen molar-refractivity contribution in [3.63, 3.8) is 0 Å². The summed E-state index contributed by atoms with van der Waals surface area (Å²) in [6.45, 7) is 0.226. The minimum Gasteiger partial charge on any atom is -0.486 e. The summed E-state index contributed by atoms with van der Waals surface area (Å²) in [6.07, 6.45) is 7.07. The molecule has 146 valence electrons. The van der Waals surface area contributed by atoms with Crippen molar-refractivity contribution in [1.29, 1.82) is 0 Å². The Balaban J connectivity index is 1.46. The summed E-state index contributed by atoms with van der Waals surface area (Å²) in [5.74, 6) is 1.27. The summed E-state index contributed by atoms with van der Waals surface area (Å²) in [5, 5.41) is 12.1. The fourth-order valence-corrected chi connectivity index (χ4v) is 3.84. The molecule has 1 fully saturated rings. The number of thioether (sulfide) groups is 1. The normalized spacial score (nSPS) is 15.3. The number of carbonyl (C=O) groups excluding carboxylic acids is 1. The van der Waals surface area contributed by atoms with Crippen LogP contribution in [0.5, 0.6) is 5.75 Å². The van der Waals surface area contributed by atoms with Crippen LogP contribution in [0.2, 0.25) is 0 Å². The SMILES string of the molecule is Cn1c(COc2ccc(F)cc2)nnc1SCC(=O)NC1CCCCCC1. The van der Waals surface area contributed by atoms with Crippen molar-refractivity contribution in [3.05, 3.63) is 35.9 Å². The summed E-state index contributed by atoms with van der Waals surface area (Å²) in [7, 11) is 1.84. The summed E-state index contributed by atoms with van der Waals surface area (Å²) in [4.78, 5) is 12.2. The minimum atomic E-state index is -0.304. The maximum atomic E-state index is 12.9. The molecule has 0 saturated heterocycles. The molecule has 27 heavy (non-hydrogen) atoms. The third-order valence-electron chi connectivity index (χ3n) is 4.66. The van der Waals surface area contributed by atoms with Crippen LogP contribution in [0, 0.1) is 5.82 Å². The molecule has 0 radical (unpaired) electrons. The molecule has 1 amide bonds. The third-order valence-corrected chi connectivity index (χ3v) is 5.68. The first-order valence-corrected chi connectivity index (χ1v) is 10.3. The van der Waals surface area contributed by atoms with Gasteiger partial charge in [-0.3, -0.25) is 4.79 Å². The van der Waals surface area contributed by atoms with E-state index in [-0.39, 0.29) is 18.3 Å². The first-order chi connectivity index (χ1) is 13.1. The number of carbonyl (C=O) groups is 1. The van der Waals surface area contributed by atoms with Crippen molar-refractivity contribution in [2.75, 3.05) is 5.75 Å². The van der Waals surface area contributed by atoms with E-state index < -0.39 is 0 Å². The second-order valence-corrected chi connectivity index (χ2v) is 7.69. The number of benzene rings is 1. The maximum absolute atomic E-state index is 12.9. The van der Waals surface area contributed by atoms with Crippen molar-refractivity contribution in [2.24, 2.45) is 7.05 Å². The predicted molar refractivity (Wildman–Crippen MR) is 102 cm³/mol. The first-order valence-electron chi connectivity index (χ1n) is 9.30. The molecular formula is C19H25FN4O2S. The predicted octanol–water partition coefficient (Wildman–Crippen LogP) is 3.46. The Morgan fingerprint density at radius 1 is 1.22 bits per heavy atom. The lowest BCUT2D eigenvalue weighted by molar-refractivity contribution is -0.119. The van der Waals surface area contributed by atoms with E-state index in [1.807, 2.05) is 11.6 Å². The molecule has 0 aliphatic heterocycles. The molecule has 1 aliphatic rings. The average Bonchev–Trinajstić information content (AvgIpc) is 2.84. The van der Waals surface area contributed by atoms with Gasteiger partial charge in [0, 0.05) is 13.1 Å². The maximum Gasteiger partial charge on any atom is 0.230 e. The van der Waals surface area contributed by atoms with E-state index in [9.17, 15) is 9.18 Å². The monoisotopic (exact) mass is 392 g/mol. The van der Waals surface area contributed by atoms with E-state index in [4.69, 9.17) is 4.74 Å². The number of nitrogens with zero attached hydrogens (tertiary/aromatic N) is 3. The molecule has 1 saturated carbocycles. The number of aromatic nitrogens is 3. The van der Waals surface area contributed by atoms with Gasteiger partial charge in [-0.1, -0.05) is 37.4 Å². The number of amides is 1. The molecular weight excluding hydrogens is 367 g/mol. The van der Waals surface area contributed by atoms with Gasteiger partial charge in [0.15, 0.2) is 11.0 Å². The smallest absolute Gasteiger partial charge is 0.230 e. The molecule has 3 rings (SSSR count). The number of hydrogen-bond donors (Lipinski definition) is 1. The number of ether oxygens (including phenoxy) is 1. The van der Waals surface area contributed by atoms with Gasteiger partial charge >= 0.3 is 0 Å². The van der Waals surface area contributed by atoms with E-state index in [1.165, 1.54) is 49.6 Å². The van der Waals surface area contributed by atoms with Gasteiger partial charge in [0.25, 0.3) is 0 Å². The topological polar surface area (TPSA) is 69.0 Å². The van der Waals surface area contributed by atoms with Crippen molar-refractivity contribution in [2.45, 2.75) is 56.3 Å². The zero-order valence-electron chi connectivity index (χ0n) is 15.5. The lowest BCUT2D eigenvalue weighted by Gasteiger charge is -2.15. The zero-order valence-corrected chi connectivity index (χ0v) is 16.3. The highest BCUT2D eigenvalue weighted by atomic mass is 32.2. The van der Waals surface area contributed by atoms with E-state index in [2.05, 4.69) is 15.5 Å². The average molecular weight is 393 g/mol. The Bertz CT molecular complexity index is 743. The fraction of sp³-hybridized carbons (Fsp3) is 0.526. The van der Waals surface area contributed by atoms with Gasteiger partial charge in [-0.05, 0) is 37.1 Å². The molecule has 1 heterocycles. The number of rotatable bonds is 7. The molecule has 1 aliphatic carbocycles. The van der Waals surface area contributed by atoms with Crippen LogP contribution in [-0.4, -0.2) is 32.5 Å². The van der Waals surface area contributed by atoms with Crippen LogP contribution in [0.3, 0.4) is 0 Å². The Morgan fingerprint density at radius 2 is 1.93 bits per heavy atom. The molecule has 0 unspecified atom stereocenters. The highest BCUT2D eigenvalue weighted by Crippen LogP contribution is 2.19. The molecule has 6 nitrogen and oxygen atoms in total. The van der Waals surface area contributed by atoms with Crippen molar-refractivity contribution < 1.29 is 13.9 Å². The van der Waals surface area contributed by atoms with Crippen LogP contribution in [0.4, 0.5) is 4.39 Å². The molecule has 0 bridgehead atoms. The molecule has 2 aromatic rings. The van der Waals surface area contributed by atoms with Gasteiger partial charge in [-0.2, -0.15) is 0 Å².